The summed E-state index contributed by atoms with van der Waals surface area (Å²) in [4.78, 5) is 78.5. The first-order valence-corrected chi connectivity index (χ1v) is 31.1. The fourth-order valence-corrected chi connectivity index (χ4v) is 11.9. The van der Waals surface area contributed by atoms with Crippen LogP contribution in [-0.4, -0.2) is 146 Å². The highest BCUT2D eigenvalue weighted by Crippen LogP contribution is 2.40. The van der Waals surface area contributed by atoms with E-state index in [4.69, 9.17) is 36.5 Å². The van der Waals surface area contributed by atoms with Crippen LogP contribution in [-0.2, 0) is 14.4 Å². The van der Waals surface area contributed by atoms with Crippen LogP contribution in [0.15, 0.2) is 178 Å². The van der Waals surface area contributed by atoms with Gasteiger partial charge in [-0.05, 0) is 92.1 Å². The molecule has 0 radical (unpaired) electrons. The van der Waals surface area contributed by atoms with Crippen molar-refractivity contribution >= 4 is 68.3 Å². The Morgan fingerprint density at radius 2 is 0.850 bits per heavy atom. The molecule has 15 rings (SSSR count). The molecular weight excluding hydrogens is 1290 g/mol. The van der Waals surface area contributed by atoms with Gasteiger partial charge in [0.05, 0.1) is 45.4 Å². The second-order valence-corrected chi connectivity index (χ2v) is 22.9. The molecule has 12 aromatic rings. The van der Waals surface area contributed by atoms with Crippen molar-refractivity contribution in [2.24, 2.45) is 0 Å². The van der Waals surface area contributed by atoms with Crippen molar-refractivity contribution in [2.45, 2.75) is 37.4 Å². The summed E-state index contributed by atoms with van der Waals surface area (Å²) in [7, 11) is 0. The second-order valence-electron chi connectivity index (χ2n) is 22.9. The van der Waals surface area contributed by atoms with Crippen molar-refractivity contribution < 1.29 is 46.2 Å². The topological polar surface area (TPSA) is 336 Å². The highest BCUT2D eigenvalue weighted by atomic mass is 19.2. The molecule has 0 aliphatic carbocycles. The van der Waals surface area contributed by atoms with Crippen LogP contribution >= 0.6 is 0 Å². The van der Waals surface area contributed by atoms with Crippen LogP contribution in [0.1, 0.15) is 37.4 Å². The molecule has 0 bridgehead atoms. The zero-order chi connectivity index (χ0) is 69.7. The lowest BCUT2D eigenvalue weighted by Gasteiger charge is -2.14. The van der Waals surface area contributed by atoms with Crippen molar-refractivity contribution in [1.82, 2.24) is 88.9 Å². The van der Waals surface area contributed by atoms with E-state index in [0.29, 0.717) is 114 Å². The molecule has 0 spiro atoms. The lowest BCUT2D eigenvalue weighted by molar-refractivity contribution is -0.125. The van der Waals surface area contributed by atoms with E-state index in [1.807, 2.05) is 36.4 Å². The summed E-state index contributed by atoms with van der Waals surface area (Å²) in [5.41, 5.74) is 21.9. The van der Waals surface area contributed by atoms with E-state index in [1.165, 1.54) is 61.6 Å². The number of halogens is 4. The zero-order valence-corrected chi connectivity index (χ0v) is 53.0. The van der Waals surface area contributed by atoms with E-state index in [0.717, 1.165) is 6.07 Å². The maximum Gasteiger partial charge on any atom is 0.246 e. The number of pyridine rings is 3. The number of para-hydroxylation sites is 2. The summed E-state index contributed by atoms with van der Waals surface area (Å²) < 4.78 is 79.3. The number of nitrogens with two attached hydrogens (primary N) is 3. The molecule has 3 amide bonds. The molecule has 3 atom stereocenters. The number of amides is 3. The molecule has 0 unspecified atom stereocenters. The summed E-state index contributed by atoms with van der Waals surface area (Å²) in [6.07, 6.45) is 11.4. The molecule has 0 saturated carbocycles. The summed E-state index contributed by atoms with van der Waals surface area (Å²) in [5.74, 6) is -2.30. The number of hydrogen-bond donors (Lipinski definition) is 3. The normalized spacial score (nSPS) is 15.6. The van der Waals surface area contributed by atoms with Gasteiger partial charge in [0, 0.05) is 69.2 Å². The number of ether oxygens (including phenoxy) is 3. The number of hydrogen-bond acceptors (Lipinski definition) is 21. The molecule has 12 heterocycles. The predicted octanol–water partition coefficient (Wildman–Crippen LogP) is 10.2. The third-order valence-corrected chi connectivity index (χ3v) is 16.8. The van der Waals surface area contributed by atoms with Gasteiger partial charge >= 0.3 is 0 Å². The van der Waals surface area contributed by atoms with E-state index in [2.05, 4.69) is 74.8 Å². The van der Waals surface area contributed by atoms with Gasteiger partial charge in [-0.3, -0.25) is 14.4 Å². The number of carbonyl (C=O) groups excluding carboxylic acids is 3. The molecule has 27 nitrogen and oxygen atoms in total. The average Bonchev–Trinajstić information content (AvgIpc) is 1.62. The fourth-order valence-electron chi connectivity index (χ4n) is 11.9. The Kier molecular flexibility index (Phi) is 18.6. The van der Waals surface area contributed by atoms with Crippen LogP contribution in [0.3, 0.4) is 0 Å². The van der Waals surface area contributed by atoms with Crippen LogP contribution in [0.5, 0.6) is 34.9 Å². The summed E-state index contributed by atoms with van der Waals surface area (Å²) in [6.45, 7) is 13.7. The van der Waals surface area contributed by atoms with Gasteiger partial charge in [-0.2, -0.15) is 38.4 Å². The SMILES string of the molecule is C=CC(=O)N1CC[C@@H](n2nc(-c3ccc(Oc4cccc(F)c4F)nc3)c3c(N)ncnc32)C1.C=CC(=O)N1CC[C@@H](n2nc(-c3ccc(Oc4ccccc4)nc3F)c3c(N)ncnc32)C1.C=CC(=O)N1CC[C@H](n2nc(-c3ccc(Oc4ccccc4)nc3F)c3c(N)ncnc32)C1. The monoisotopic (exact) mass is 1350 g/mol. The molecule has 3 aliphatic rings. The number of nitrogen functional groups attached to an aromatic ring is 3. The van der Waals surface area contributed by atoms with Crippen LogP contribution in [0, 0.1) is 23.5 Å². The Hall–Kier alpha value is -13.1. The van der Waals surface area contributed by atoms with Crippen molar-refractivity contribution in [2.75, 3.05) is 56.5 Å². The number of fused-ring (bicyclic) bond motifs is 3. The molecule has 504 valence electrons. The van der Waals surface area contributed by atoms with Gasteiger partial charge in [0.25, 0.3) is 0 Å². The van der Waals surface area contributed by atoms with Crippen molar-refractivity contribution in [1.29, 1.82) is 0 Å². The quantitative estimate of drug-likeness (QED) is 0.0488. The molecule has 3 fully saturated rings. The summed E-state index contributed by atoms with van der Waals surface area (Å²) in [5, 5.41) is 15.5. The number of likely N-dealkylation sites (tertiary alicyclic amines) is 3. The number of carbonyl (C=O) groups is 3. The number of rotatable bonds is 15. The van der Waals surface area contributed by atoms with Gasteiger partial charge in [-0.1, -0.05) is 62.2 Å². The van der Waals surface area contributed by atoms with E-state index in [1.54, 1.807) is 83.3 Å². The molecule has 9 aromatic heterocycles. The van der Waals surface area contributed by atoms with E-state index in [-0.39, 0.29) is 99.2 Å². The minimum atomic E-state index is -1.09. The maximum atomic E-state index is 15.1. The summed E-state index contributed by atoms with van der Waals surface area (Å²) in [6, 6.07) is 30.7. The number of nitrogens with zero attached hydrogens (tertiary/aromatic N) is 18. The first-order chi connectivity index (χ1) is 48.5. The first kappa shape index (κ1) is 65.6. The fraction of sp³-hybridized carbons (Fsp3) is 0.174. The third kappa shape index (κ3) is 13.3. The average molecular weight is 1350 g/mol. The van der Waals surface area contributed by atoms with Gasteiger partial charge < -0.3 is 46.1 Å². The van der Waals surface area contributed by atoms with Crippen molar-refractivity contribution in [3.8, 4) is 68.7 Å². The summed E-state index contributed by atoms with van der Waals surface area (Å²) >= 11 is 0. The van der Waals surface area contributed by atoms with Crippen LogP contribution in [0.2, 0.25) is 0 Å². The molecule has 3 aliphatic heterocycles. The van der Waals surface area contributed by atoms with Gasteiger partial charge in [0.1, 0.15) is 65.0 Å². The van der Waals surface area contributed by atoms with Gasteiger partial charge in [0.15, 0.2) is 28.5 Å². The maximum absolute atomic E-state index is 15.1. The zero-order valence-electron chi connectivity index (χ0n) is 53.0. The smallest absolute Gasteiger partial charge is 0.246 e. The van der Waals surface area contributed by atoms with Crippen molar-refractivity contribution in [3.05, 3.63) is 202 Å². The van der Waals surface area contributed by atoms with Crippen molar-refractivity contribution in [3.63, 3.8) is 0 Å². The largest absolute Gasteiger partial charge is 0.439 e. The van der Waals surface area contributed by atoms with E-state index >= 15 is 8.78 Å². The van der Waals surface area contributed by atoms with Gasteiger partial charge in [-0.15, -0.1) is 0 Å². The number of aromatic nitrogens is 15. The lowest BCUT2D eigenvalue weighted by atomic mass is 10.1. The molecule has 6 N–H and O–H groups in total. The number of anilines is 3. The molecule has 3 aromatic carbocycles. The second kappa shape index (κ2) is 28.3. The Balaban J connectivity index is 0.000000134. The molecule has 31 heteroatoms. The molecular formula is C69H59F4N21O6. The Labute approximate surface area is 565 Å². The highest BCUT2D eigenvalue weighted by Gasteiger charge is 2.34. The minimum absolute atomic E-state index is 0.0792. The van der Waals surface area contributed by atoms with Gasteiger partial charge in [0.2, 0.25) is 53.1 Å². The van der Waals surface area contributed by atoms with Crippen LogP contribution in [0.4, 0.5) is 35.0 Å². The Morgan fingerprint density at radius 1 is 0.450 bits per heavy atom. The highest BCUT2D eigenvalue weighted by molar-refractivity contribution is 6.00. The molecule has 3 saturated heterocycles. The van der Waals surface area contributed by atoms with Crippen LogP contribution < -0.4 is 31.4 Å². The predicted molar refractivity (Wildman–Crippen MR) is 360 cm³/mol. The molecule has 100 heavy (non-hydrogen) atoms. The Bertz CT molecular complexity index is 4910. The number of benzene rings is 3. The minimum Gasteiger partial charge on any atom is -0.439 e. The van der Waals surface area contributed by atoms with Crippen LogP contribution in [0.25, 0.3) is 66.9 Å². The first-order valence-electron chi connectivity index (χ1n) is 31.1. The Morgan fingerprint density at radius 3 is 1.24 bits per heavy atom. The van der Waals surface area contributed by atoms with Gasteiger partial charge in [-0.25, -0.2) is 53.3 Å². The van der Waals surface area contributed by atoms with E-state index in [9.17, 15) is 23.2 Å². The lowest BCUT2D eigenvalue weighted by Crippen LogP contribution is -2.27. The third-order valence-electron chi connectivity index (χ3n) is 16.8. The van der Waals surface area contributed by atoms with E-state index < -0.39 is 23.5 Å². The standard InChI is InChI=1S/C23H19F2N7O2.2C23H20FN7O2/c1-2-18(33)31-9-8-14(11-31)32-23-19(22(26)28-12-29-23)21(30-32)13-6-7-17(27-10-13)34-16-5-3-4-15(24)20(16)25;2*1-2-18(32)30-11-10-14(12-30)31-23-19(22(25)26-13-27-23)20(29-31)16-8-9-17(28-21(16)24)33-15-6-4-3-5-7-15/h2-7,10,12,14H,1,8-9,11H2,(H2,26,28,29);2*2-9,13-14H,1,10-12H2,(H2,25,26,27)/t3*14-/m110/s1.